The molecule has 0 atom stereocenters. The molecule has 5 rings (SSSR count). The summed E-state index contributed by atoms with van der Waals surface area (Å²) in [6.45, 7) is 26.3. The molecular weight excluding hydrogens is 769 g/mol. The van der Waals surface area contributed by atoms with Gasteiger partial charge in [-0.15, -0.1) is 0 Å². The van der Waals surface area contributed by atoms with Gasteiger partial charge in [0.2, 0.25) is 0 Å². The van der Waals surface area contributed by atoms with Gasteiger partial charge in [0, 0.05) is 22.2 Å². The molecule has 12 heteroatoms. The fourth-order valence-corrected chi connectivity index (χ4v) is 37.4. The van der Waals surface area contributed by atoms with Crippen LogP contribution >= 0.6 is 0 Å². The maximum Gasteiger partial charge on any atom is 0.350 e. The van der Waals surface area contributed by atoms with E-state index in [9.17, 15) is 0 Å². The first-order chi connectivity index (χ1) is 26.1. The first kappa shape index (κ1) is 47.6. The van der Waals surface area contributed by atoms with Crippen LogP contribution in [0.25, 0.3) is 0 Å². The molecule has 4 saturated carbocycles. The summed E-state index contributed by atoms with van der Waals surface area (Å²) in [6, 6.07) is 0. The molecule has 0 aromatic carbocycles. The predicted molar refractivity (Wildman–Crippen MR) is 238 cm³/mol. The van der Waals surface area contributed by atoms with Gasteiger partial charge in [0.15, 0.2) is 0 Å². The van der Waals surface area contributed by atoms with Crippen LogP contribution in [0.3, 0.4) is 0 Å². The summed E-state index contributed by atoms with van der Waals surface area (Å²) in [6.07, 6.45) is 25.6. The SMILES string of the molecule is CC(C)(C)OC[Si]1(C2CCCCC2)O[Si](COC(C)(C)C)(C2CCCCC2)O[Si](COC(C)(C)C)(C2CCCCC2)O[Si](COC(C)(C)C)(C2CCCCC2)O1. The fraction of sp³-hybridized carbons (Fsp3) is 1.00. The maximum absolute atomic E-state index is 8.55. The van der Waals surface area contributed by atoms with Crippen LogP contribution in [0.4, 0.5) is 0 Å². The highest BCUT2D eigenvalue weighted by Gasteiger charge is 2.70. The van der Waals surface area contributed by atoms with Gasteiger partial charge in [0.1, 0.15) is 0 Å². The van der Waals surface area contributed by atoms with Crippen molar-refractivity contribution in [2.75, 3.05) is 24.9 Å². The van der Waals surface area contributed by atoms with Gasteiger partial charge < -0.3 is 35.4 Å². The third-order valence-corrected chi connectivity index (χ3v) is 33.6. The van der Waals surface area contributed by atoms with Crippen LogP contribution in [0.5, 0.6) is 0 Å². The quantitative estimate of drug-likeness (QED) is 0.180. The lowest BCUT2D eigenvalue weighted by Gasteiger charge is -2.60. The van der Waals surface area contributed by atoms with Crippen molar-refractivity contribution < 1.29 is 35.4 Å². The number of rotatable bonds is 12. The van der Waals surface area contributed by atoms with Crippen LogP contribution < -0.4 is 0 Å². The molecule has 0 amide bonds. The molecule has 0 aromatic heterocycles. The lowest BCUT2D eigenvalue weighted by molar-refractivity contribution is -0.0207. The summed E-state index contributed by atoms with van der Waals surface area (Å²) in [7, 11) is -13.2. The molecule has 4 aliphatic carbocycles. The second kappa shape index (κ2) is 19.3. The molecule has 1 heterocycles. The van der Waals surface area contributed by atoms with Crippen molar-refractivity contribution in [3.8, 4) is 0 Å². The van der Waals surface area contributed by atoms with Crippen molar-refractivity contribution in [3.05, 3.63) is 0 Å². The molecule has 0 bridgehead atoms. The zero-order chi connectivity index (χ0) is 40.9. The van der Waals surface area contributed by atoms with Crippen molar-refractivity contribution in [1.29, 1.82) is 0 Å². The van der Waals surface area contributed by atoms with Crippen LogP contribution in [0.15, 0.2) is 0 Å². The van der Waals surface area contributed by atoms with E-state index in [1.807, 2.05) is 0 Å². The molecule has 56 heavy (non-hydrogen) atoms. The van der Waals surface area contributed by atoms with E-state index in [1.54, 1.807) is 0 Å². The van der Waals surface area contributed by atoms with Crippen LogP contribution in [0.1, 0.15) is 212 Å². The van der Waals surface area contributed by atoms with Gasteiger partial charge in [-0.25, -0.2) is 0 Å². The van der Waals surface area contributed by atoms with Gasteiger partial charge in [-0.1, -0.05) is 77.0 Å². The first-order valence-electron chi connectivity index (χ1n) is 23.4. The smallest absolute Gasteiger partial charge is 0.350 e. The summed E-state index contributed by atoms with van der Waals surface area (Å²) < 4.78 is 62.6. The average molecular weight is 858 g/mol. The minimum absolute atomic E-state index is 0.302. The van der Waals surface area contributed by atoms with E-state index in [1.165, 1.54) is 77.0 Å². The second-order valence-corrected chi connectivity index (χ2v) is 36.8. The molecule has 0 spiro atoms. The largest absolute Gasteiger partial charge is 0.412 e. The van der Waals surface area contributed by atoms with Gasteiger partial charge in [0.25, 0.3) is 0 Å². The Hall–Kier alpha value is 0.548. The molecule has 5 aliphatic rings. The normalized spacial score (nSPS) is 33.6. The van der Waals surface area contributed by atoms with E-state index >= 15 is 0 Å². The lowest BCUT2D eigenvalue weighted by Crippen LogP contribution is -2.78. The number of hydrogen-bond acceptors (Lipinski definition) is 8. The Balaban J connectivity index is 1.84. The monoisotopic (exact) mass is 857 g/mol. The summed E-state index contributed by atoms with van der Waals surface area (Å²) in [5.74, 6) is 0. The minimum atomic E-state index is -3.30. The molecule has 0 N–H and O–H groups in total. The highest BCUT2D eigenvalue weighted by Crippen LogP contribution is 2.55. The van der Waals surface area contributed by atoms with Crippen LogP contribution in [-0.2, 0) is 35.4 Å². The van der Waals surface area contributed by atoms with Gasteiger partial charge in [-0.3, -0.25) is 0 Å². The Bertz CT molecular complexity index is 991. The first-order valence-corrected chi connectivity index (χ1v) is 31.8. The Morgan fingerprint density at radius 1 is 0.304 bits per heavy atom. The van der Waals surface area contributed by atoms with E-state index < -0.39 is 34.2 Å². The van der Waals surface area contributed by atoms with E-state index in [4.69, 9.17) is 35.4 Å². The molecule has 1 aliphatic heterocycles. The molecule has 8 nitrogen and oxygen atoms in total. The average Bonchev–Trinajstić information content (AvgIpc) is 3.13. The van der Waals surface area contributed by atoms with Gasteiger partial charge in [0.05, 0.1) is 47.3 Å². The summed E-state index contributed by atoms with van der Waals surface area (Å²) in [5, 5.41) is 0. The van der Waals surface area contributed by atoms with E-state index in [0.717, 1.165) is 51.4 Å². The highest BCUT2D eigenvalue weighted by atomic mass is 28.5. The van der Waals surface area contributed by atoms with Gasteiger partial charge >= 0.3 is 34.2 Å². The molecule has 328 valence electrons. The molecule has 0 unspecified atom stereocenters. The van der Waals surface area contributed by atoms with Crippen LogP contribution in [0, 0.1) is 0 Å². The third-order valence-electron chi connectivity index (χ3n) is 13.1. The van der Waals surface area contributed by atoms with Gasteiger partial charge in [-0.05, 0) is 134 Å². The molecule has 0 radical (unpaired) electrons. The second-order valence-electron chi connectivity index (χ2n) is 22.6. The Morgan fingerprint density at radius 3 is 0.607 bits per heavy atom. The highest BCUT2D eigenvalue weighted by molar-refractivity contribution is 6.96. The maximum atomic E-state index is 8.55. The fourth-order valence-electron chi connectivity index (χ4n) is 10.1. The Kier molecular flexibility index (Phi) is 16.4. The zero-order valence-electron chi connectivity index (χ0n) is 38.5. The standard InChI is InChI=1S/C44H88O8Si4/c1-41(2,3)45-33-53(37-25-17-13-18-26-37)49-54(34-46-42(4,5)6,38-27-19-14-20-28-38)51-56(36-48-44(10,11)12,40-31-23-16-24-32-40)52-55(50-53,35-47-43(7,8)9)39-29-21-15-22-30-39/h37-40H,13-36H2,1-12H3. The van der Waals surface area contributed by atoms with Crippen molar-refractivity contribution in [1.82, 2.24) is 0 Å². The topological polar surface area (TPSA) is 73.8 Å². The van der Waals surface area contributed by atoms with E-state index in [2.05, 4.69) is 83.1 Å². The van der Waals surface area contributed by atoms with Crippen LogP contribution in [0.2, 0.25) is 22.2 Å². The van der Waals surface area contributed by atoms with Crippen molar-refractivity contribution >= 4 is 34.2 Å². The summed E-state index contributed by atoms with van der Waals surface area (Å²) in [5.41, 5.74) is -0.180. The number of ether oxygens (including phenoxy) is 4. The molecular formula is C44H88O8Si4. The Labute approximate surface area is 349 Å². The lowest BCUT2D eigenvalue weighted by atomic mass is 10.0. The predicted octanol–water partition coefficient (Wildman–Crippen LogP) is 12.6. The van der Waals surface area contributed by atoms with Crippen molar-refractivity contribution in [3.63, 3.8) is 0 Å². The van der Waals surface area contributed by atoms with Crippen molar-refractivity contribution in [2.45, 2.75) is 256 Å². The number of hydrogen-bond donors (Lipinski definition) is 0. The van der Waals surface area contributed by atoms with E-state index in [-0.39, 0.29) is 22.4 Å². The third kappa shape index (κ3) is 13.3. The van der Waals surface area contributed by atoms with E-state index in [0.29, 0.717) is 47.1 Å². The minimum Gasteiger partial charge on any atom is -0.412 e. The Morgan fingerprint density at radius 2 is 0.464 bits per heavy atom. The summed E-state index contributed by atoms with van der Waals surface area (Å²) >= 11 is 0. The molecule has 1 saturated heterocycles. The van der Waals surface area contributed by atoms with Gasteiger partial charge in [-0.2, -0.15) is 0 Å². The summed E-state index contributed by atoms with van der Waals surface area (Å²) in [4.78, 5) is 0. The van der Waals surface area contributed by atoms with Crippen LogP contribution in [-0.4, -0.2) is 81.6 Å². The molecule has 0 aromatic rings. The molecule has 5 fully saturated rings. The van der Waals surface area contributed by atoms with Crippen molar-refractivity contribution in [2.24, 2.45) is 0 Å². The zero-order valence-corrected chi connectivity index (χ0v) is 42.5.